The summed E-state index contributed by atoms with van der Waals surface area (Å²) in [5.74, 6) is 0.795. The molecule has 0 fully saturated rings. The predicted octanol–water partition coefficient (Wildman–Crippen LogP) is 4.26. The quantitative estimate of drug-likeness (QED) is 0.314. The molecule has 0 unspecified atom stereocenters. The van der Waals surface area contributed by atoms with E-state index in [1.807, 2.05) is 76.7 Å². The van der Waals surface area contributed by atoms with Crippen LogP contribution in [0, 0.1) is 0 Å². The lowest BCUT2D eigenvalue weighted by Gasteiger charge is -2.10. The number of carbonyl (C=O) groups excluding carboxylic acids is 1. The largest absolute Gasteiger partial charge is 0.274 e. The Balaban J connectivity index is 1.40. The van der Waals surface area contributed by atoms with Gasteiger partial charge in [0, 0.05) is 17.0 Å². The minimum absolute atomic E-state index is 0.179. The van der Waals surface area contributed by atoms with Crippen molar-refractivity contribution in [1.82, 2.24) is 20.2 Å². The van der Waals surface area contributed by atoms with Crippen molar-refractivity contribution in [3.05, 3.63) is 94.4 Å². The highest BCUT2D eigenvalue weighted by Gasteiger charge is 2.16. The lowest BCUT2D eigenvalue weighted by atomic mass is 10.2. The number of aromatic nitrogens is 3. The molecule has 30 heavy (non-hydrogen) atoms. The molecule has 0 aliphatic rings. The SMILES string of the molecule is O=C(CSc1nnc(Cc2cccs2)n1-c1ccccc1)NOCc1ccccc1. The highest BCUT2D eigenvalue weighted by Crippen LogP contribution is 2.24. The number of amides is 1. The molecule has 0 aliphatic carbocycles. The number of hydrogen-bond acceptors (Lipinski definition) is 6. The predicted molar refractivity (Wildman–Crippen MR) is 119 cm³/mol. The summed E-state index contributed by atoms with van der Waals surface area (Å²) in [6.07, 6.45) is 0.687. The molecule has 4 rings (SSSR count). The zero-order valence-electron chi connectivity index (χ0n) is 16.1. The fraction of sp³-hybridized carbons (Fsp3) is 0.136. The minimum atomic E-state index is -0.224. The van der Waals surface area contributed by atoms with Crippen molar-refractivity contribution in [2.75, 3.05) is 5.75 Å². The third-order valence-corrected chi connectivity index (χ3v) is 6.03. The van der Waals surface area contributed by atoms with E-state index in [1.165, 1.54) is 16.6 Å². The van der Waals surface area contributed by atoms with Crippen LogP contribution in [0.4, 0.5) is 0 Å². The first-order chi connectivity index (χ1) is 14.8. The molecule has 152 valence electrons. The fourth-order valence-corrected chi connectivity index (χ4v) is 4.31. The van der Waals surface area contributed by atoms with Crippen LogP contribution in [0.2, 0.25) is 0 Å². The van der Waals surface area contributed by atoms with Crippen molar-refractivity contribution >= 4 is 29.0 Å². The van der Waals surface area contributed by atoms with E-state index in [9.17, 15) is 4.79 Å². The second-order valence-corrected chi connectivity index (χ2v) is 8.39. The molecule has 8 heteroatoms. The van der Waals surface area contributed by atoms with Gasteiger partial charge >= 0.3 is 0 Å². The highest BCUT2D eigenvalue weighted by atomic mass is 32.2. The molecule has 0 atom stereocenters. The Morgan fingerprint density at radius 2 is 1.77 bits per heavy atom. The summed E-state index contributed by atoms with van der Waals surface area (Å²) < 4.78 is 2.00. The molecular formula is C22H20N4O2S2. The van der Waals surface area contributed by atoms with Gasteiger partial charge in [0.1, 0.15) is 5.82 Å². The summed E-state index contributed by atoms with van der Waals surface area (Å²) in [5, 5.41) is 11.4. The number of para-hydroxylation sites is 1. The summed E-state index contributed by atoms with van der Waals surface area (Å²) in [6.45, 7) is 0.322. The Morgan fingerprint density at radius 3 is 2.50 bits per heavy atom. The van der Waals surface area contributed by atoms with Crippen LogP contribution >= 0.6 is 23.1 Å². The average Bonchev–Trinajstić information content (AvgIpc) is 3.44. The molecule has 0 bridgehead atoms. The number of nitrogens with one attached hydrogen (secondary N) is 1. The van der Waals surface area contributed by atoms with E-state index in [-0.39, 0.29) is 11.7 Å². The second kappa shape index (κ2) is 10.2. The molecular weight excluding hydrogens is 416 g/mol. The van der Waals surface area contributed by atoms with Crippen molar-refractivity contribution in [2.24, 2.45) is 0 Å². The van der Waals surface area contributed by atoms with Crippen LogP contribution in [0.15, 0.2) is 83.3 Å². The number of benzene rings is 2. The molecule has 1 amide bonds. The van der Waals surface area contributed by atoms with Crippen molar-refractivity contribution in [2.45, 2.75) is 18.2 Å². The van der Waals surface area contributed by atoms with Gasteiger partial charge in [0.15, 0.2) is 5.16 Å². The van der Waals surface area contributed by atoms with Gasteiger partial charge < -0.3 is 0 Å². The number of rotatable bonds is 9. The van der Waals surface area contributed by atoms with Gasteiger partial charge in [0.05, 0.1) is 12.4 Å². The summed E-state index contributed by atoms with van der Waals surface area (Å²) in [6, 6.07) is 23.7. The standard InChI is InChI=1S/C22H20N4O2S2/c27-21(25-28-15-17-8-3-1-4-9-17)16-30-22-24-23-20(14-19-12-7-13-29-19)26(22)18-10-5-2-6-11-18/h1-13H,14-16H2,(H,25,27). The van der Waals surface area contributed by atoms with E-state index in [0.29, 0.717) is 18.2 Å². The topological polar surface area (TPSA) is 69.0 Å². The van der Waals surface area contributed by atoms with Crippen LogP contribution in [-0.4, -0.2) is 26.4 Å². The lowest BCUT2D eigenvalue weighted by Crippen LogP contribution is -2.25. The van der Waals surface area contributed by atoms with E-state index in [1.54, 1.807) is 11.3 Å². The fourth-order valence-electron chi connectivity index (χ4n) is 2.85. The van der Waals surface area contributed by atoms with Crippen LogP contribution in [0.1, 0.15) is 16.3 Å². The Bertz CT molecular complexity index is 1070. The van der Waals surface area contributed by atoms with Gasteiger partial charge in [-0.25, -0.2) is 5.48 Å². The average molecular weight is 437 g/mol. The maximum Gasteiger partial charge on any atom is 0.254 e. The lowest BCUT2D eigenvalue weighted by molar-refractivity contribution is -0.131. The van der Waals surface area contributed by atoms with Crippen LogP contribution < -0.4 is 5.48 Å². The van der Waals surface area contributed by atoms with E-state index < -0.39 is 0 Å². The van der Waals surface area contributed by atoms with Crippen molar-refractivity contribution in [1.29, 1.82) is 0 Å². The van der Waals surface area contributed by atoms with Gasteiger partial charge in [-0.2, -0.15) is 0 Å². The van der Waals surface area contributed by atoms with Gasteiger partial charge in [-0.1, -0.05) is 66.4 Å². The number of hydroxylamine groups is 1. The third kappa shape index (κ3) is 5.35. The zero-order chi connectivity index (χ0) is 20.6. The first-order valence-corrected chi connectivity index (χ1v) is 11.3. The number of carbonyl (C=O) groups is 1. The normalized spacial score (nSPS) is 10.8. The van der Waals surface area contributed by atoms with Crippen LogP contribution in [0.5, 0.6) is 0 Å². The number of nitrogens with zero attached hydrogens (tertiary/aromatic N) is 3. The number of hydrogen-bond donors (Lipinski definition) is 1. The third-order valence-electron chi connectivity index (χ3n) is 4.23. The van der Waals surface area contributed by atoms with Crippen LogP contribution in [0.25, 0.3) is 5.69 Å². The summed E-state index contributed by atoms with van der Waals surface area (Å²) in [5.41, 5.74) is 4.45. The summed E-state index contributed by atoms with van der Waals surface area (Å²) in [4.78, 5) is 18.7. The van der Waals surface area contributed by atoms with Crippen molar-refractivity contribution in [3.63, 3.8) is 0 Å². The van der Waals surface area contributed by atoms with Gasteiger partial charge in [-0.05, 0) is 29.1 Å². The molecule has 6 nitrogen and oxygen atoms in total. The van der Waals surface area contributed by atoms with Crippen LogP contribution in [0.3, 0.4) is 0 Å². The molecule has 0 saturated carbocycles. The van der Waals surface area contributed by atoms with Gasteiger partial charge in [0.2, 0.25) is 0 Å². The molecule has 1 N–H and O–H groups in total. The van der Waals surface area contributed by atoms with Crippen molar-refractivity contribution < 1.29 is 9.63 Å². The Labute approximate surface area is 182 Å². The number of thiophene rings is 1. The van der Waals surface area contributed by atoms with Crippen molar-refractivity contribution in [3.8, 4) is 5.69 Å². The molecule has 0 spiro atoms. The van der Waals surface area contributed by atoms with Gasteiger partial charge in [0.25, 0.3) is 5.91 Å². The molecule has 2 heterocycles. The molecule has 4 aromatic rings. The van der Waals surface area contributed by atoms with Gasteiger partial charge in [-0.3, -0.25) is 14.2 Å². The Hall–Kier alpha value is -2.94. The Kier molecular flexibility index (Phi) is 6.91. The monoisotopic (exact) mass is 436 g/mol. The first-order valence-electron chi connectivity index (χ1n) is 9.39. The highest BCUT2D eigenvalue weighted by molar-refractivity contribution is 7.99. The molecule has 2 aromatic heterocycles. The Morgan fingerprint density at radius 1 is 1.00 bits per heavy atom. The zero-order valence-corrected chi connectivity index (χ0v) is 17.7. The first kappa shape index (κ1) is 20.3. The minimum Gasteiger partial charge on any atom is -0.274 e. The van der Waals surface area contributed by atoms with E-state index in [4.69, 9.17) is 4.84 Å². The number of thioether (sulfide) groups is 1. The molecule has 2 aromatic carbocycles. The van der Waals surface area contributed by atoms with Gasteiger partial charge in [-0.15, -0.1) is 21.5 Å². The maximum atomic E-state index is 12.2. The molecule has 0 aliphatic heterocycles. The van der Waals surface area contributed by atoms with E-state index in [2.05, 4.69) is 21.7 Å². The maximum absolute atomic E-state index is 12.2. The van der Waals surface area contributed by atoms with Crippen LogP contribution in [-0.2, 0) is 22.7 Å². The van der Waals surface area contributed by atoms with E-state index >= 15 is 0 Å². The smallest absolute Gasteiger partial charge is 0.254 e. The summed E-state index contributed by atoms with van der Waals surface area (Å²) >= 11 is 3.02. The van der Waals surface area contributed by atoms with E-state index in [0.717, 1.165) is 17.1 Å². The molecule has 0 radical (unpaired) electrons. The molecule has 0 saturated heterocycles. The summed E-state index contributed by atoms with van der Waals surface area (Å²) in [7, 11) is 0. The second-order valence-electron chi connectivity index (χ2n) is 6.41.